The molecule has 1 aromatic carbocycles. The summed E-state index contributed by atoms with van der Waals surface area (Å²) < 4.78 is 0. The fourth-order valence-corrected chi connectivity index (χ4v) is 3.21. The lowest BCUT2D eigenvalue weighted by Gasteiger charge is -2.22. The molecule has 0 spiro atoms. The molecule has 2 amide bonds. The van der Waals surface area contributed by atoms with Crippen LogP contribution in [-0.4, -0.2) is 48.3 Å². The van der Waals surface area contributed by atoms with Crippen molar-refractivity contribution in [3.63, 3.8) is 0 Å². The van der Waals surface area contributed by atoms with Crippen LogP contribution in [0.25, 0.3) is 0 Å². The van der Waals surface area contributed by atoms with Crippen LogP contribution in [0.1, 0.15) is 31.2 Å². The van der Waals surface area contributed by atoms with Gasteiger partial charge in [-0.05, 0) is 63.4 Å². The van der Waals surface area contributed by atoms with Gasteiger partial charge in [-0.3, -0.25) is 4.90 Å². The molecule has 0 saturated carbocycles. The Hall–Kier alpha value is -1.30. The number of aliphatic hydroxyl groups excluding tert-OH is 1. The molecule has 1 fully saturated rings. The summed E-state index contributed by atoms with van der Waals surface area (Å²) >= 11 is 6.09. The smallest absolute Gasteiger partial charge is 0.319 e. The largest absolute Gasteiger partial charge is 0.395 e. The van der Waals surface area contributed by atoms with E-state index in [-0.39, 0.29) is 12.6 Å². The van der Waals surface area contributed by atoms with Gasteiger partial charge in [0, 0.05) is 12.6 Å². The van der Waals surface area contributed by atoms with Crippen LogP contribution < -0.4 is 10.6 Å². The summed E-state index contributed by atoms with van der Waals surface area (Å²) in [7, 11) is 0. The SMILES string of the molecule is Cc1ccc(NC(=O)NCCCCN2CCC[C@@H]2CO)c(Cl)c1. The van der Waals surface area contributed by atoms with Gasteiger partial charge < -0.3 is 15.7 Å². The molecule has 1 aliphatic rings. The predicted octanol–water partition coefficient (Wildman–Crippen LogP) is 3.01. The lowest BCUT2D eigenvalue weighted by Crippen LogP contribution is -2.34. The summed E-state index contributed by atoms with van der Waals surface area (Å²) in [5, 5.41) is 15.4. The van der Waals surface area contributed by atoms with Gasteiger partial charge >= 0.3 is 6.03 Å². The maximum absolute atomic E-state index is 11.8. The van der Waals surface area contributed by atoms with Crippen molar-refractivity contribution >= 4 is 23.3 Å². The van der Waals surface area contributed by atoms with E-state index in [9.17, 15) is 9.90 Å². The minimum atomic E-state index is -0.231. The van der Waals surface area contributed by atoms with Crippen molar-refractivity contribution in [1.29, 1.82) is 0 Å². The third kappa shape index (κ3) is 5.68. The molecule has 0 aromatic heterocycles. The molecule has 1 aromatic rings. The second-order valence-electron chi connectivity index (χ2n) is 6.09. The lowest BCUT2D eigenvalue weighted by molar-refractivity contribution is 0.157. The lowest BCUT2D eigenvalue weighted by atomic mass is 10.2. The number of urea groups is 1. The molecule has 5 nitrogen and oxygen atoms in total. The monoisotopic (exact) mass is 339 g/mol. The van der Waals surface area contributed by atoms with E-state index < -0.39 is 0 Å². The highest BCUT2D eigenvalue weighted by atomic mass is 35.5. The summed E-state index contributed by atoms with van der Waals surface area (Å²) in [4.78, 5) is 14.2. The number of halogens is 1. The van der Waals surface area contributed by atoms with E-state index in [1.165, 1.54) is 6.42 Å². The summed E-state index contributed by atoms with van der Waals surface area (Å²) in [6.45, 7) is 4.89. The first-order chi connectivity index (χ1) is 11.1. The number of aliphatic hydroxyl groups is 1. The number of carbonyl (C=O) groups is 1. The van der Waals surface area contributed by atoms with Crippen molar-refractivity contribution in [2.45, 2.75) is 38.6 Å². The van der Waals surface area contributed by atoms with E-state index in [0.717, 1.165) is 37.9 Å². The predicted molar refractivity (Wildman–Crippen MR) is 94.1 cm³/mol. The van der Waals surface area contributed by atoms with Gasteiger partial charge in [0.05, 0.1) is 17.3 Å². The minimum absolute atomic E-state index is 0.231. The van der Waals surface area contributed by atoms with Gasteiger partial charge in [-0.25, -0.2) is 4.79 Å². The highest BCUT2D eigenvalue weighted by molar-refractivity contribution is 6.33. The third-order valence-corrected chi connectivity index (χ3v) is 4.55. The van der Waals surface area contributed by atoms with E-state index in [1.54, 1.807) is 6.07 Å². The number of benzene rings is 1. The first kappa shape index (κ1) is 18.0. The maximum Gasteiger partial charge on any atom is 0.319 e. The fourth-order valence-electron chi connectivity index (χ4n) is 2.93. The van der Waals surface area contributed by atoms with E-state index in [1.807, 2.05) is 19.1 Å². The number of anilines is 1. The zero-order valence-corrected chi connectivity index (χ0v) is 14.4. The Balaban J connectivity index is 1.61. The summed E-state index contributed by atoms with van der Waals surface area (Å²) in [6.07, 6.45) is 4.20. The molecule has 2 rings (SSSR count). The van der Waals surface area contributed by atoms with Gasteiger partial charge in [-0.15, -0.1) is 0 Å². The van der Waals surface area contributed by atoms with Crippen molar-refractivity contribution in [3.05, 3.63) is 28.8 Å². The van der Waals surface area contributed by atoms with Crippen LogP contribution in [0.3, 0.4) is 0 Å². The van der Waals surface area contributed by atoms with Crippen molar-refractivity contribution in [3.8, 4) is 0 Å². The number of hydrogen-bond donors (Lipinski definition) is 3. The number of carbonyl (C=O) groups excluding carboxylic acids is 1. The Labute approximate surface area is 143 Å². The maximum atomic E-state index is 11.8. The number of likely N-dealkylation sites (tertiary alicyclic amines) is 1. The van der Waals surface area contributed by atoms with E-state index >= 15 is 0 Å². The van der Waals surface area contributed by atoms with Crippen LogP contribution >= 0.6 is 11.6 Å². The molecule has 0 bridgehead atoms. The number of unbranched alkanes of at least 4 members (excludes halogenated alkanes) is 1. The second-order valence-corrected chi connectivity index (χ2v) is 6.49. The van der Waals surface area contributed by atoms with Crippen LogP contribution in [0.4, 0.5) is 10.5 Å². The number of nitrogens with one attached hydrogen (secondary N) is 2. The molecule has 1 saturated heterocycles. The normalized spacial score (nSPS) is 18.1. The van der Waals surface area contributed by atoms with E-state index in [0.29, 0.717) is 23.3 Å². The number of rotatable bonds is 7. The molecule has 0 radical (unpaired) electrons. The molecular weight excluding hydrogens is 314 g/mol. The highest BCUT2D eigenvalue weighted by Gasteiger charge is 2.22. The molecule has 23 heavy (non-hydrogen) atoms. The Kier molecular flexibility index (Phi) is 7.15. The first-order valence-electron chi connectivity index (χ1n) is 8.26. The molecule has 6 heteroatoms. The highest BCUT2D eigenvalue weighted by Crippen LogP contribution is 2.22. The number of amides is 2. The van der Waals surface area contributed by atoms with Gasteiger partial charge in [0.15, 0.2) is 0 Å². The van der Waals surface area contributed by atoms with Gasteiger partial charge in [0.2, 0.25) is 0 Å². The second kappa shape index (κ2) is 9.11. The zero-order chi connectivity index (χ0) is 16.7. The van der Waals surface area contributed by atoms with Gasteiger partial charge in [0.1, 0.15) is 0 Å². The van der Waals surface area contributed by atoms with Gasteiger partial charge in [0.25, 0.3) is 0 Å². The van der Waals surface area contributed by atoms with Gasteiger partial charge in [-0.1, -0.05) is 17.7 Å². The average molecular weight is 340 g/mol. The average Bonchev–Trinajstić information content (AvgIpc) is 2.97. The Morgan fingerprint density at radius 2 is 2.26 bits per heavy atom. The molecule has 0 aliphatic carbocycles. The topological polar surface area (TPSA) is 64.6 Å². The number of aryl methyl sites for hydroxylation is 1. The summed E-state index contributed by atoms with van der Waals surface area (Å²) in [6, 6.07) is 5.64. The van der Waals surface area contributed by atoms with E-state index in [4.69, 9.17) is 11.6 Å². The number of nitrogens with zero attached hydrogens (tertiary/aromatic N) is 1. The standard InChI is InChI=1S/C17H26ClN3O2/c1-13-6-7-16(15(18)11-13)20-17(23)19-8-2-3-9-21-10-4-5-14(21)12-22/h6-7,11,14,22H,2-5,8-10,12H2,1H3,(H2,19,20,23)/t14-/m1/s1. The van der Waals surface area contributed by atoms with Crippen LogP contribution in [0, 0.1) is 6.92 Å². The van der Waals surface area contributed by atoms with Crippen molar-refractivity contribution < 1.29 is 9.90 Å². The third-order valence-electron chi connectivity index (χ3n) is 4.24. The van der Waals surface area contributed by atoms with Gasteiger partial charge in [-0.2, -0.15) is 0 Å². The Bertz CT molecular complexity index is 525. The molecule has 1 atom stereocenters. The fraction of sp³-hybridized carbons (Fsp3) is 0.588. The summed E-state index contributed by atoms with van der Waals surface area (Å²) in [5.41, 5.74) is 1.68. The molecular formula is C17H26ClN3O2. The quantitative estimate of drug-likeness (QED) is 0.669. The van der Waals surface area contributed by atoms with Crippen LogP contribution in [0.2, 0.25) is 5.02 Å². The van der Waals surface area contributed by atoms with Crippen molar-refractivity contribution in [2.24, 2.45) is 0 Å². The Morgan fingerprint density at radius 1 is 1.43 bits per heavy atom. The first-order valence-corrected chi connectivity index (χ1v) is 8.64. The molecule has 0 unspecified atom stereocenters. The number of hydrogen-bond acceptors (Lipinski definition) is 3. The van der Waals surface area contributed by atoms with Crippen LogP contribution in [-0.2, 0) is 0 Å². The molecule has 3 N–H and O–H groups in total. The Morgan fingerprint density at radius 3 is 3.00 bits per heavy atom. The molecule has 1 aliphatic heterocycles. The molecule has 128 valence electrons. The molecule has 1 heterocycles. The van der Waals surface area contributed by atoms with Crippen molar-refractivity contribution in [2.75, 3.05) is 31.6 Å². The summed E-state index contributed by atoms with van der Waals surface area (Å²) in [5.74, 6) is 0. The van der Waals surface area contributed by atoms with E-state index in [2.05, 4.69) is 15.5 Å². The zero-order valence-electron chi connectivity index (χ0n) is 13.6. The van der Waals surface area contributed by atoms with Crippen molar-refractivity contribution in [1.82, 2.24) is 10.2 Å². The van der Waals surface area contributed by atoms with Crippen LogP contribution in [0.5, 0.6) is 0 Å². The minimum Gasteiger partial charge on any atom is -0.395 e. The van der Waals surface area contributed by atoms with Crippen LogP contribution in [0.15, 0.2) is 18.2 Å².